The molecule has 1 aromatic carbocycles. The Kier molecular flexibility index (Phi) is 8.67. The van der Waals surface area contributed by atoms with E-state index in [0.717, 1.165) is 17.2 Å². The van der Waals surface area contributed by atoms with Crippen molar-refractivity contribution in [3.05, 3.63) is 57.4 Å². The number of rotatable bonds is 6. The van der Waals surface area contributed by atoms with Gasteiger partial charge in [-0.3, -0.25) is 19.8 Å². The molecule has 0 spiro atoms. The molecule has 0 saturated carbocycles. The molecule has 0 aliphatic carbocycles. The van der Waals surface area contributed by atoms with Crippen molar-refractivity contribution in [2.45, 2.75) is 32.9 Å². The van der Waals surface area contributed by atoms with E-state index in [-0.39, 0.29) is 29.7 Å². The van der Waals surface area contributed by atoms with E-state index in [1.807, 2.05) is 29.9 Å². The third-order valence-electron chi connectivity index (χ3n) is 4.06. The maximum Gasteiger partial charge on any atom is 0.269 e. The van der Waals surface area contributed by atoms with E-state index in [0.29, 0.717) is 19.0 Å². The predicted octanol–water partition coefficient (Wildman–Crippen LogP) is 3.28. The smallest absolute Gasteiger partial charge is 0.269 e. The Bertz CT molecular complexity index is 786. The Balaban J connectivity index is 0.00000364. The molecule has 0 atom stereocenters. The minimum Gasteiger partial charge on any atom is -0.352 e. The van der Waals surface area contributed by atoms with E-state index >= 15 is 0 Å². The molecule has 1 heterocycles. The first kappa shape index (κ1) is 22.9. The van der Waals surface area contributed by atoms with Crippen LogP contribution in [0.25, 0.3) is 0 Å². The summed E-state index contributed by atoms with van der Waals surface area (Å²) in [6.07, 6.45) is 2.04. The topological polar surface area (TPSA) is 88.6 Å². The number of nitrogens with zero attached hydrogens (tertiary/aromatic N) is 5. The number of nitro benzene ring substituents is 1. The van der Waals surface area contributed by atoms with Crippen molar-refractivity contribution in [1.29, 1.82) is 0 Å². The van der Waals surface area contributed by atoms with Crippen molar-refractivity contribution in [1.82, 2.24) is 20.0 Å². The molecular weight excluding hydrogens is 459 g/mol. The lowest BCUT2D eigenvalue weighted by Crippen LogP contribution is -2.38. The number of nitro groups is 1. The Morgan fingerprint density at radius 1 is 1.37 bits per heavy atom. The van der Waals surface area contributed by atoms with Gasteiger partial charge in [-0.2, -0.15) is 5.10 Å². The highest BCUT2D eigenvalue weighted by Gasteiger charge is 2.15. The molecule has 148 valence electrons. The molecule has 0 amide bonds. The number of non-ortho nitro benzene ring substituents is 1. The van der Waals surface area contributed by atoms with E-state index in [1.165, 1.54) is 17.7 Å². The minimum absolute atomic E-state index is 0. The fourth-order valence-electron chi connectivity index (χ4n) is 2.79. The van der Waals surface area contributed by atoms with Crippen LogP contribution >= 0.6 is 24.0 Å². The summed E-state index contributed by atoms with van der Waals surface area (Å²) in [7, 11) is 5.64. The van der Waals surface area contributed by atoms with Gasteiger partial charge in [0.15, 0.2) is 5.96 Å². The Labute approximate surface area is 176 Å². The van der Waals surface area contributed by atoms with Gasteiger partial charge in [-0.15, -0.1) is 24.0 Å². The van der Waals surface area contributed by atoms with Gasteiger partial charge in [-0.05, 0) is 11.5 Å². The summed E-state index contributed by atoms with van der Waals surface area (Å²) >= 11 is 0. The quantitative estimate of drug-likeness (QED) is 0.223. The first-order valence-electron chi connectivity index (χ1n) is 8.49. The van der Waals surface area contributed by atoms with Gasteiger partial charge >= 0.3 is 0 Å². The fraction of sp³-hybridized carbons (Fsp3) is 0.444. The Morgan fingerprint density at radius 3 is 2.52 bits per heavy atom. The van der Waals surface area contributed by atoms with Crippen molar-refractivity contribution in [3.8, 4) is 0 Å². The number of benzene rings is 1. The zero-order valence-electron chi connectivity index (χ0n) is 16.3. The second-order valence-corrected chi connectivity index (χ2v) is 6.55. The van der Waals surface area contributed by atoms with Crippen LogP contribution in [-0.4, -0.2) is 39.7 Å². The lowest BCUT2D eigenvalue weighted by Gasteiger charge is -2.22. The van der Waals surface area contributed by atoms with E-state index < -0.39 is 4.92 Å². The maximum absolute atomic E-state index is 10.7. The third-order valence-corrected chi connectivity index (χ3v) is 4.06. The van der Waals surface area contributed by atoms with Crippen LogP contribution in [0.4, 0.5) is 5.69 Å². The van der Waals surface area contributed by atoms with Crippen molar-refractivity contribution in [2.75, 3.05) is 14.1 Å². The summed E-state index contributed by atoms with van der Waals surface area (Å²) in [6.45, 7) is 5.50. The number of guanidine groups is 1. The second kappa shape index (κ2) is 10.2. The van der Waals surface area contributed by atoms with Crippen LogP contribution in [0.2, 0.25) is 0 Å². The van der Waals surface area contributed by atoms with Crippen LogP contribution in [-0.2, 0) is 20.1 Å². The molecule has 0 aliphatic rings. The SMILES string of the molecule is CN=C(NCc1ccc([N+](=O)[O-])cc1)N(C)Cc1cn(C)nc1C(C)C.I. The zero-order valence-corrected chi connectivity index (χ0v) is 18.7. The molecule has 0 aliphatic heterocycles. The molecule has 2 aromatic rings. The molecular formula is C18H27IN6O2. The van der Waals surface area contributed by atoms with Gasteiger partial charge in [-0.25, -0.2) is 0 Å². The largest absolute Gasteiger partial charge is 0.352 e. The highest BCUT2D eigenvalue weighted by molar-refractivity contribution is 14.0. The van der Waals surface area contributed by atoms with E-state index in [4.69, 9.17) is 0 Å². The Morgan fingerprint density at radius 2 is 2.00 bits per heavy atom. The number of aryl methyl sites for hydroxylation is 1. The summed E-state index contributed by atoms with van der Waals surface area (Å²) in [4.78, 5) is 16.7. The number of hydrogen-bond acceptors (Lipinski definition) is 4. The van der Waals surface area contributed by atoms with Crippen LogP contribution < -0.4 is 5.32 Å². The highest BCUT2D eigenvalue weighted by Crippen LogP contribution is 2.18. The van der Waals surface area contributed by atoms with Crippen LogP contribution in [0.1, 0.15) is 36.6 Å². The van der Waals surface area contributed by atoms with E-state index in [9.17, 15) is 10.1 Å². The summed E-state index contributed by atoms with van der Waals surface area (Å²) < 4.78 is 1.84. The van der Waals surface area contributed by atoms with Gasteiger partial charge in [0, 0.05) is 58.1 Å². The van der Waals surface area contributed by atoms with Gasteiger partial charge in [-0.1, -0.05) is 26.0 Å². The third kappa shape index (κ3) is 6.19. The molecule has 0 radical (unpaired) electrons. The predicted molar refractivity (Wildman–Crippen MR) is 117 cm³/mol. The van der Waals surface area contributed by atoms with Crippen molar-refractivity contribution in [3.63, 3.8) is 0 Å². The number of halogens is 1. The molecule has 1 aromatic heterocycles. The van der Waals surface area contributed by atoms with Crippen molar-refractivity contribution in [2.24, 2.45) is 12.0 Å². The summed E-state index contributed by atoms with van der Waals surface area (Å²) in [5, 5.41) is 18.5. The molecule has 0 saturated heterocycles. The van der Waals surface area contributed by atoms with Gasteiger partial charge in [0.25, 0.3) is 5.69 Å². The molecule has 8 nitrogen and oxygen atoms in total. The minimum atomic E-state index is -0.399. The van der Waals surface area contributed by atoms with Crippen LogP contribution in [0.5, 0.6) is 0 Å². The lowest BCUT2D eigenvalue weighted by atomic mass is 10.1. The molecule has 0 fully saturated rings. The number of aromatic nitrogens is 2. The van der Waals surface area contributed by atoms with Gasteiger partial charge in [0.1, 0.15) is 0 Å². The van der Waals surface area contributed by atoms with E-state index in [1.54, 1.807) is 19.2 Å². The second-order valence-electron chi connectivity index (χ2n) is 6.55. The standard InChI is InChI=1S/C18H26N6O2.HI/c1-13(2)17-15(12-23(5)21-17)11-22(4)18(19-3)20-10-14-6-8-16(9-7-14)24(25)26;/h6-9,12-13H,10-11H2,1-5H3,(H,19,20);1H. The van der Waals surface area contributed by atoms with Crippen LogP contribution in [0.15, 0.2) is 35.5 Å². The average Bonchev–Trinajstić information content (AvgIpc) is 2.96. The van der Waals surface area contributed by atoms with E-state index in [2.05, 4.69) is 29.3 Å². The zero-order chi connectivity index (χ0) is 19.3. The van der Waals surface area contributed by atoms with Gasteiger partial charge in [0.05, 0.1) is 10.6 Å². The number of hydrogen-bond donors (Lipinski definition) is 1. The van der Waals surface area contributed by atoms with Crippen LogP contribution in [0, 0.1) is 10.1 Å². The molecule has 1 N–H and O–H groups in total. The summed E-state index contributed by atoms with van der Waals surface area (Å²) in [6, 6.07) is 6.51. The highest BCUT2D eigenvalue weighted by atomic mass is 127. The number of aliphatic imine (C=N–C) groups is 1. The first-order valence-corrected chi connectivity index (χ1v) is 8.49. The lowest BCUT2D eigenvalue weighted by molar-refractivity contribution is -0.384. The Hall–Kier alpha value is -2.17. The van der Waals surface area contributed by atoms with Crippen molar-refractivity contribution < 1.29 is 4.92 Å². The summed E-state index contributed by atoms with van der Waals surface area (Å²) in [5.41, 5.74) is 3.30. The normalized spacial score (nSPS) is 11.3. The van der Waals surface area contributed by atoms with Gasteiger partial charge < -0.3 is 10.2 Å². The summed E-state index contributed by atoms with van der Waals surface area (Å²) in [5.74, 6) is 1.11. The molecule has 27 heavy (non-hydrogen) atoms. The monoisotopic (exact) mass is 486 g/mol. The average molecular weight is 486 g/mol. The molecule has 0 unspecified atom stereocenters. The van der Waals surface area contributed by atoms with Gasteiger partial charge in [0.2, 0.25) is 0 Å². The van der Waals surface area contributed by atoms with Crippen LogP contribution in [0.3, 0.4) is 0 Å². The van der Waals surface area contributed by atoms with Crippen molar-refractivity contribution >= 4 is 35.6 Å². The molecule has 2 rings (SSSR count). The maximum atomic E-state index is 10.7. The molecule has 0 bridgehead atoms. The molecule has 9 heteroatoms. The number of nitrogens with one attached hydrogen (secondary N) is 1. The fourth-order valence-corrected chi connectivity index (χ4v) is 2.79. The first-order chi connectivity index (χ1) is 12.3.